The molecular weight excluding hydrogens is 304 g/mol. The normalized spacial score (nSPS) is 20.2. The van der Waals surface area contributed by atoms with E-state index >= 15 is 0 Å². The first kappa shape index (κ1) is 17.0. The zero-order valence-electron chi connectivity index (χ0n) is 14.5. The second-order valence-corrected chi connectivity index (χ2v) is 7.05. The Morgan fingerprint density at radius 2 is 1.71 bits per heavy atom. The topological polar surface area (TPSA) is 76.0 Å². The number of hydrogen-bond donors (Lipinski definition) is 2. The summed E-state index contributed by atoms with van der Waals surface area (Å²) < 4.78 is 1.63. The predicted molar refractivity (Wildman–Crippen MR) is 91.7 cm³/mol. The van der Waals surface area contributed by atoms with Crippen molar-refractivity contribution in [2.75, 3.05) is 0 Å². The molecule has 1 aromatic rings. The molecule has 2 aliphatic carbocycles. The number of rotatable bonds is 6. The van der Waals surface area contributed by atoms with Crippen LogP contribution in [0.15, 0.2) is 12.3 Å². The lowest BCUT2D eigenvalue weighted by Gasteiger charge is -2.19. The molecule has 1 heterocycles. The van der Waals surface area contributed by atoms with Gasteiger partial charge in [0.15, 0.2) is 0 Å². The SMILES string of the molecule is CC[C@@H](C(=O)NC1CCCC1)n1ccc(C(=O)NC2CCCC2)n1. The van der Waals surface area contributed by atoms with Gasteiger partial charge in [0.25, 0.3) is 5.91 Å². The molecule has 6 heteroatoms. The molecule has 3 rings (SSSR count). The fourth-order valence-electron chi connectivity index (χ4n) is 3.82. The predicted octanol–water partition coefficient (Wildman–Crippen LogP) is 2.57. The lowest BCUT2D eigenvalue weighted by Crippen LogP contribution is -2.38. The van der Waals surface area contributed by atoms with Gasteiger partial charge >= 0.3 is 0 Å². The van der Waals surface area contributed by atoms with Gasteiger partial charge in [-0.05, 0) is 38.2 Å². The number of amides is 2. The molecule has 0 spiro atoms. The van der Waals surface area contributed by atoms with E-state index in [0.717, 1.165) is 25.7 Å². The van der Waals surface area contributed by atoms with Crippen LogP contribution in [0.1, 0.15) is 81.2 Å². The van der Waals surface area contributed by atoms with Crippen LogP contribution in [0.4, 0.5) is 0 Å². The van der Waals surface area contributed by atoms with Crippen molar-refractivity contribution < 1.29 is 9.59 Å². The fourth-order valence-corrected chi connectivity index (χ4v) is 3.82. The molecule has 132 valence electrons. The van der Waals surface area contributed by atoms with Crippen LogP contribution in [-0.4, -0.2) is 33.7 Å². The van der Waals surface area contributed by atoms with Crippen LogP contribution in [0.25, 0.3) is 0 Å². The van der Waals surface area contributed by atoms with Crippen molar-refractivity contribution in [3.63, 3.8) is 0 Å². The summed E-state index contributed by atoms with van der Waals surface area (Å²) in [5.74, 6) is -0.123. The van der Waals surface area contributed by atoms with Gasteiger partial charge in [0.2, 0.25) is 5.91 Å². The average molecular weight is 332 g/mol. The molecule has 6 nitrogen and oxygen atoms in total. The third-order valence-corrected chi connectivity index (χ3v) is 5.24. The van der Waals surface area contributed by atoms with Gasteiger partial charge in [0.1, 0.15) is 11.7 Å². The van der Waals surface area contributed by atoms with Crippen molar-refractivity contribution in [3.8, 4) is 0 Å². The molecule has 1 atom stereocenters. The van der Waals surface area contributed by atoms with E-state index < -0.39 is 0 Å². The standard InChI is InChI=1S/C18H28N4O2/c1-2-16(18(24)20-14-9-5-6-10-14)22-12-11-15(21-22)17(23)19-13-7-3-4-8-13/h11-14,16H,2-10H2,1H3,(H,19,23)(H,20,24)/t16-/m0/s1. The van der Waals surface area contributed by atoms with Crippen LogP contribution in [0, 0.1) is 0 Å². The molecule has 0 aliphatic heterocycles. The molecule has 2 aliphatic rings. The molecular formula is C18H28N4O2. The zero-order chi connectivity index (χ0) is 16.9. The van der Waals surface area contributed by atoms with Crippen molar-refractivity contribution in [2.24, 2.45) is 0 Å². The van der Waals surface area contributed by atoms with E-state index in [4.69, 9.17) is 0 Å². The number of nitrogens with one attached hydrogen (secondary N) is 2. The second-order valence-electron chi connectivity index (χ2n) is 7.05. The van der Waals surface area contributed by atoms with Crippen molar-refractivity contribution in [1.29, 1.82) is 0 Å². The fraction of sp³-hybridized carbons (Fsp3) is 0.722. The molecule has 2 fully saturated rings. The quantitative estimate of drug-likeness (QED) is 0.840. The smallest absolute Gasteiger partial charge is 0.271 e. The van der Waals surface area contributed by atoms with Gasteiger partial charge < -0.3 is 10.6 Å². The highest BCUT2D eigenvalue weighted by atomic mass is 16.2. The summed E-state index contributed by atoms with van der Waals surface area (Å²) in [6.45, 7) is 1.97. The van der Waals surface area contributed by atoms with E-state index in [1.165, 1.54) is 25.7 Å². The van der Waals surface area contributed by atoms with Crippen molar-refractivity contribution >= 4 is 11.8 Å². The first-order chi connectivity index (χ1) is 11.7. The van der Waals surface area contributed by atoms with Gasteiger partial charge in [0, 0.05) is 18.3 Å². The minimum absolute atomic E-state index is 0.00949. The molecule has 24 heavy (non-hydrogen) atoms. The van der Waals surface area contributed by atoms with Crippen LogP contribution in [0.2, 0.25) is 0 Å². The van der Waals surface area contributed by atoms with E-state index in [1.54, 1.807) is 16.9 Å². The van der Waals surface area contributed by atoms with Crippen LogP contribution < -0.4 is 10.6 Å². The van der Waals surface area contributed by atoms with Gasteiger partial charge in [-0.2, -0.15) is 5.10 Å². The van der Waals surface area contributed by atoms with Crippen molar-refractivity contribution in [2.45, 2.75) is 82.8 Å². The highest BCUT2D eigenvalue weighted by Gasteiger charge is 2.25. The van der Waals surface area contributed by atoms with Crippen LogP contribution in [-0.2, 0) is 4.79 Å². The molecule has 0 aromatic carbocycles. The minimum atomic E-state index is -0.348. The lowest BCUT2D eigenvalue weighted by molar-refractivity contribution is -0.125. The minimum Gasteiger partial charge on any atom is -0.352 e. The summed E-state index contributed by atoms with van der Waals surface area (Å²) in [5, 5.41) is 10.5. The highest BCUT2D eigenvalue weighted by Crippen LogP contribution is 2.20. The van der Waals surface area contributed by atoms with E-state index in [1.807, 2.05) is 6.92 Å². The second kappa shape index (κ2) is 7.81. The Morgan fingerprint density at radius 3 is 2.29 bits per heavy atom. The number of aromatic nitrogens is 2. The molecule has 1 aromatic heterocycles. The Morgan fingerprint density at radius 1 is 1.12 bits per heavy atom. The maximum atomic E-state index is 12.5. The molecule has 0 bridgehead atoms. The highest BCUT2D eigenvalue weighted by molar-refractivity contribution is 5.92. The largest absolute Gasteiger partial charge is 0.352 e. The van der Waals surface area contributed by atoms with Gasteiger partial charge in [-0.1, -0.05) is 32.6 Å². The molecule has 2 amide bonds. The Balaban J connectivity index is 1.61. The number of nitrogens with zero attached hydrogens (tertiary/aromatic N) is 2. The maximum absolute atomic E-state index is 12.5. The Kier molecular flexibility index (Phi) is 5.53. The Labute approximate surface area is 143 Å². The number of carbonyl (C=O) groups is 2. The Bertz CT molecular complexity index is 571. The summed E-state index contributed by atoms with van der Waals surface area (Å²) in [5.41, 5.74) is 0.397. The van der Waals surface area contributed by atoms with E-state index in [2.05, 4.69) is 15.7 Å². The van der Waals surface area contributed by atoms with Gasteiger partial charge in [-0.25, -0.2) is 0 Å². The van der Waals surface area contributed by atoms with Crippen molar-refractivity contribution in [3.05, 3.63) is 18.0 Å². The summed E-state index contributed by atoms with van der Waals surface area (Å²) in [4.78, 5) is 24.8. The summed E-state index contributed by atoms with van der Waals surface area (Å²) >= 11 is 0. The summed E-state index contributed by atoms with van der Waals surface area (Å²) in [7, 11) is 0. The molecule has 0 radical (unpaired) electrons. The first-order valence-corrected chi connectivity index (χ1v) is 9.33. The maximum Gasteiger partial charge on any atom is 0.271 e. The monoisotopic (exact) mass is 332 g/mol. The molecule has 0 saturated heterocycles. The van der Waals surface area contributed by atoms with Gasteiger partial charge in [-0.15, -0.1) is 0 Å². The first-order valence-electron chi connectivity index (χ1n) is 9.33. The van der Waals surface area contributed by atoms with E-state index in [-0.39, 0.29) is 23.9 Å². The molecule has 2 N–H and O–H groups in total. The van der Waals surface area contributed by atoms with Crippen LogP contribution >= 0.6 is 0 Å². The zero-order valence-corrected chi connectivity index (χ0v) is 14.5. The number of carbonyl (C=O) groups excluding carboxylic acids is 2. The Hall–Kier alpha value is -1.85. The van der Waals surface area contributed by atoms with E-state index in [0.29, 0.717) is 18.2 Å². The third-order valence-electron chi connectivity index (χ3n) is 5.24. The van der Waals surface area contributed by atoms with Gasteiger partial charge in [-0.3, -0.25) is 14.3 Å². The van der Waals surface area contributed by atoms with E-state index in [9.17, 15) is 9.59 Å². The van der Waals surface area contributed by atoms with Crippen LogP contribution in [0.5, 0.6) is 0 Å². The number of hydrogen-bond acceptors (Lipinski definition) is 3. The third kappa shape index (κ3) is 3.97. The lowest BCUT2D eigenvalue weighted by atomic mass is 10.2. The summed E-state index contributed by atoms with van der Waals surface area (Å²) in [6, 6.07) is 1.93. The summed E-state index contributed by atoms with van der Waals surface area (Å²) in [6.07, 6.45) is 11.4. The van der Waals surface area contributed by atoms with Gasteiger partial charge in [0.05, 0.1) is 0 Å². The van der Waals surface area contributed by atoms with Crippen molar-refractivity contribution in [1.82, 2.24) is 20.4 Å². The molecule has 0 unspecified atom stereocenters. The van der Waals surface area contributed by atoms with Crippen LogP contribution in [0.3, 0.4) is 0 Å². The molecule has 2 saturated carbocycles. The average Bonchev–Trinajstić information content (AvgIpc) is 3.29.